The number of hydrogen-bond acceptors (Lipinski definition) is 4. The van der Waals surface area contributed by atoms with Crippen LogP contribution in [0.4, 0.5) is 0 Å². The van der Waals surface area contributed by atoms with E-state index >= 15 is 0 Å². The first-order chi connectivity index (χ1) is 12.2. The molecule has 0 spiro atoms. The van der Waals surface area contributed by atoms with Crippen molar-refractivity contribution in [2.24, 2.45) is 17.3 Å². The molecule has 1 aromatic rings. The summed E-state index contributed by atoms with van der Waals surface area (Å²) in [6.07, 6.45) is 4.88. The number of ether oxygens (including phenoxy) is 1. The van der Waals surface area contributed by atoms with Crippen molar-refractivity contribution in [2.45, 2.75) is 64.9 Å². The number of esters is 1. The highest BCUT2D eigenvalue weighted by Gasteiger charge is 2.60. The van der Waals surface area contributed by atoms with E-state index in [4.69, 9.17) is 4.74 Å². The second-order valence-corrected chi connectivity index (χ2v) is 9.22. The normalized spacial score (nSPS) is 34.8. The molecule has 0 aliphatic heterocycles. The Morgan fingerprint density at radius 3 is 2.27 bits per heavy atom. The molecule has 4 aliphatic rings. The Kier molecular flexibility index (Phi) is 4.03. The summed E-state index contributed by atoms with van der Waals surface area (Å²) in [4.78, 5) is 25.5. The van der Waals surface area contributed by atoms with E-state index in [1.807, 2.05) is 32.9 Å². The number of benzene rings is 1. The Bertz CT molecular complexity index is 765. The van der Waals surface area contributed by atoms with Gasteiger partial charge in [0.2, 0.25) is 5.78 Å². The van der Waals surface area contributed by atoms with Gasteiger partial charge in [0.25, 0.3) is 0 Å². The molecule has 4 bridgehead atoms. The van der Waals surface area contributed by atoms with E-state index in [0.29, 0.717) is 23.8 Å². The molecule has 1 N–H and O–H groups in total. The molecule has 4 fully saturated rings. The molecule has 4 nitrogen and oxygen atoms in total. The Hall–Kier alpha value is -1.68. The van der Waals surface area contributed by atoms with Crippen molar-refractivity contribution in [3.8, 4) is 0 Å². The third-order valence-electron chi connectivity index (χ3n) is 6.94. The summed E-state index contributed by atoms with van der Waals surface area (Å²) in [7, 11) is 0. The van der Waals surface area contributed by atoms with Crippen LogP contribution in [0.5, 0.6) is 0 Å². The molecule has 4 aliphatic carbocycles. The maximum atomic E-state index is 12.9. The molecule has 0 amide bonds. The van der Waals surface area contributed by atoms with Crippen molar-refractivity contribution >= 4 is 11.8 Å². The molecule has 0 aromatic heterocycles. The second kappa shape index (κ2) is 5.91. The Balaban J connectivity index is 1.46. The lowest BCUT2D eigenvalue weighted by Crippen LogP contribution is -2.58. The molecule has 2 unspecified atom stereocenters. The fraction of sp³-hybridized carbons (Fsp3) is 0.636. The first-order valence-electron chi connectivity index (χ1n) is 9.70. The van der Waals surface area contributed by atoms with Crippen LogP contribution in [-0.2, 0) is 9.53 Å². The Morgan fingerprint density at radius 1 is 1.04 bits per heavy atom. The Morgan fingerprint density at radius 2 is 1.65 bits per heavy atom. The van der Waals surface area contributed by atoms with Crippen molar-refractivity contribution in [2.75, 3.05) is 6.61 Å². The number of ketones is 1. The number of hydrogen-bond donors (Lipinski definition) is 1. The van der Waals surface area contributed by atoms with Gasteiger partial charge in [0, 0.05) is 5.56 Å². The molecule has 5 rings (SSSR count). The molecule has 4 saturated carbocycles. The topological polar surface area (TPSA) is 63.6 Å². The van der Waals surface area contributed by atoms with Crippen LogP contribution in [0.2, 0.25) is 0 Å². The van der Waals surface area contributed by atoms with Gasteiger partial charge in [0.1, 0.15) is 0 Å². The Labute approximate surface area is 154 Å². The standard InChI is InChI=1S/C22H28O4/c1-13-4-15(3)18(5-14(13)2)19(23)11-26-20(24)21-7-16-6-17(8-21)10-22(25,9-16)12-21/h4-5,16-17,25H,6-12H2,1-3H3. The lowest BCUT2D eigenvalue weighted by molar-refractivity contribution is -0.195. The van der Waals surface area contributed by atoms with E-state index in [1.54, 1.807) is 0 Å². The number of rotatable bonds is 4. The van der Waals surface area contributed by atoms with Crippen molar-refractivity contribution < 1.29 is 19.4 Å². The van der Waals surface area contributed by atoms with Crippen LogP contribution in [0.3, 0.4) is 0 Å². The predicted octanol–water partition coefficient (Wildman–Crippen LogP) is 3.67. The van der Waals surface area contributed by atoms with Crippen LogP contribution < -0.4 is 0 Å². The van der Waals surface area contributed by atoms with Crippen molar-refractivity contribution in [3.05, 3.63) is 34.4 Å². The number of carbonyl (C=O) groups excluding carboxylic acids is 2. The van der Waals surface area contributed by atoms with E-state index in [9.17, 15) is 14.7 Å². The maximum absolute atomic E-state index is 12.9. The summed E-state index contributed by atoms with van der Waals surface area (Å²) in [5.41, 5.74) is 2.49. The van der Waals surface area contributed by atoms with E-state index in [-0.39, 0.29) is 18.4 Å². The molecule has 2 atom stereocenters. The van der Waals surface area contributed by atoms with Gasteiger partial charge >= 0.3 is 5.97 Å². The molecule has 0 heterocycles. The summed E-state index contributed by atoms with van der Waals surface area (Å²) in [5.74, 6) is 0.417. The largest absolute Gasteiger partial charge is 0.457 e. The van der Waals surface area contributed by atoms with Gasteiger partial charge in [-0.1, -0.05) is 6.07 Å². The molecule has 0 radical (unpaired) electrons. The molecule has 0 saturated heterocycles. The third kappa shape index (κ3) is 2.88. The highest BCUT2D eigenvalue weighted by molar-refractivity contribution is 5.99. The van der Waals surface area contributed by atoms with Gasteiger partial charge in [-0.2, -0.15) is 0 Å². The monoisotopic (exact) mass is 356 g/mol. The molecular weight excluding hydrogens is 328 g/mol. The van der Waals surface area contributed by atoms with Gasteiger partial charge in [-0.25, -0.2) is 0 Å². The minimum Gasteiger partial charge on any atom is -0.457 e. The molecule has 26 heavy (non-hydrogen) atoms. The van der Waals surface area contributed by atoms with Gasteiger partial charge in [-0.15, -0.1) is 0 Å². The highest BCUT2D eigenvalue weighted by atomic mass is 16.5. The van der Waals surface area contributed by atoms with Crippen LogP contribution in [-0.4, -0.2) is 29.1 Å². The van der Waals surface area contributed by atoms with Gasteiger partial charge in [-0.05, 0) is 93.9 Å². The number of carbonyl (C=O) groups is 2. The molecule has 4 heteroatoms. The van der Waals surface area contributed by atoms with Crippen molar-refractivity contribution in [1.82, 2.24) is 0 Å². The van der Waals surface area contributed by atoms with Gasteiger partial charge in [0.15, 0.2) is 6.61 Å². The highest BCUT2D eigenvalue weighted by Crippen LogP contribution is 2.61. The second-order valence-electron chi connectivity index (χ2n) is 9.22. The fourth-order valence-electron chi connectivity index (χ4n) is 6.08. The summed E-state index contributed by atoms with van der Waals surface area (Å²) in [5, 5.41) is 10.8. The summed E-state index contributed by atoms with van der Waals surface area (Å²) < 4.78 is 5.51. The molecule has 1 aromatic carbocycles. The van der Waals surface area contributed by atoms with Crippen LogP contribution in [0, 0.1) is 38.0 Å². The van der Waals surface area contributed by atoms with E-state index < -0.39 is 11.0 Å². The third-order valence-corrected chi connectivity index (χ3v) is 6.94. The SMILES string of the molecule is Cc1cc(C)c(C(=O)COC(=O)C23CC4CC(CC(O)(C4)C2)C3)cc1C. The first-order valence-corrected chi connectivity index (χ1v) is 9.70. The summed E-state index contributed by atoms with van der Waals surface area (Å²) in [6.45, 7) is 5.70. The van der Waals surface area contributed by atoms with E-state index in [2.05, 4.69) is 0 Å². The summed E-state index contributed by atoms with van der Waals surface area (Å²) in [6, 6.07) is 3.88. The van der Waals surface area contributed by atoms with Crippen LogP contribution in [0.15, 0.2) is 12.1 Å². The van der Waals surface area contributed by atoms with Gasteiger partial charge in [-0.3, -0.25) is 9.59 Å². The zero-order valence-electron chi connectivity index (χ0n) is 15.9. The number of Topliss-reactive ketones (excluding diaryl/α,β-unsaturated/α-hetero) is 1. The quantitative estimate of drug-likeness (QED) is 0.660. The van der Waals surface area contributed by atoms with Crippen molar-refractivity contribution in [3.63, 3.8) is 0 Å². The average molecular weight is 356 g/mol. The maximum Gasteiger partial charge on any atom is 0.312 e. The molecular formula is C22H28O4. The predicted molar refractivity (Wildman–Crippen MR) is 98.0 cm³/mol. The average Bonchev–Trinajstić information content (AvgIpc) is 2.53. The lowest BCUT2D eigenvalue weighted by Gasteiger charge is -2.58. The van der Waals surface area contributed by atoms with E-state index in [1.165, 1.54) is 0 Å². The van der Waals surface area contributed by atoms with Crippen molar-refractivity contribution in [1.29, 1.82) is 0 Å². The first kappa shape index (κ1) is 17.7. The molecule has 140 valence electrons. The zero-order chi connectivity index (χ0) is 18.7. The number of aliphatic hydroxyl groups is 1. The van der Waals surface area contributed by atoms with Crippen LogP contribution >= 0.6 is 0 Å². The van der Waals surface area contributed by atoms with Gasteiger partial charge in [0.05, 0.1) is 11.0 Å². The minimum atomic E-state index is -0.697. The lowest BCUT2D eigenvalue weighted by atomic mass is 9.48. The van der Waals surface area contributed by atoms with Gasteiger partial charge < -0.3 is 9.84 Å². The zero-order valence-corrected chi connectivity index (χ0v) is 15.9. The minimum absolute atomic E-state index is 0.151. The van der Waals surface area contributed by atoms with E-state index in [0.717, 1.165) is 48.8 Å². The van der Waals surface area contributed by atoms with Crippen LogP contribution in [0.1, 0.15) is 65.6 Å². The van der Waals surface area contributed by atoms with Crippen LogP contribution in [0.25, 0.3) is 0 Å². The number of aryl methyl sites for hydroxylation is 3. The summed E-state index contributed by atoms with van der Waals surface area (Å²) >= 11 is 0. The fourth-order valence-corrected chi connectivity index (χ4v) is 6.08. The smallest absolute Gasteiger partial charge is 0.312 e.